The SMILES string of the molecule is C#CC(C)NC(=O)Nc1cccn(CC(F)(F)F)c1=O. The normalized spacial score (nSPS) is 12.3. The van der Waals surface area contributed by atoms with Gasteiger partial charge in [0.05, 0.1) is 6.04 Å². The van der Waals surface area contributed by atoms with Crippen LogP contribution in [0.25, 0.3) is 0 Å². The molecule has 0 aliphatic heterocycles. The topological polar surface area (TPSA) is 63.1 Å². The lowest BCUT2D eigenvalue weighted by Gasteiger charge is -2.12. The molecule has 0 aliphatic carbocycles. The number of terminal acetylenes is 1. The van der Waals surface area contributed by atoms with Crippen LogP contribution in [0.2, 0.25) is 0 Å². The quantitative estimate of drug-likeness (QED) is 0.829. The molecule has 1 aromatic heterocycles. The van der Waals surface area contributed by atoms with E-state index in [1.807, 2.05) is 0 Å². The van der Waals surface area contributed by atoms with Gasteiger partial charge >= 0.3 is 12.2 Å². The molecule has 0 fully saturated rings. The summed E-state index contributed by atoms with van der Waals surface area (Å²) < 4.78 is 37.2. The number of aromatic nitrogens is 1. The van der Waals surface area contributed by atoms with Crippen molar-refractivity contribution in [3.8, 4) is 12.3 Å². The van der Waals surface area contributed by atoms with Gasteiger partial charge < -0.3 is 15.2 Å². The van der Waals surface area contributed by atoms with E-state index in [1.165, 1.54) is 19.1 Å². The molecule has 20 heavy (non-hydrogen) atoms. The molecule has 0 radical (unpaired) electrons. The molecule has 8 heteroatoms. The van der Waals surface area contributed by atoms with Crippen molar-refractivity contribution < 1.29 is 18.0 Å². The third-order valence-electron chi connectivity index (χ3n) is 2.22. The number of hydrogen-bond donors (Lipinski definition) is 2. The van der Waals surface area contributed by atoms with Crippen molar-refractivity contribution in [1.82, 2.24) is 9.88 Å². The standard InChI is InChI=1S/C12H12F3N3O2/c1-3-8(2)16-11(20)17-9-5-4-6-18(10(9)19)7-12(13,14)15/h1,4-6,8H,7H2,2H3,(H2,16,17,20). The Hall–Kier alpha value is -2.43. The Kier molecular flexibility index (Phi) is 4.80. The van der Waals surface area contributed by atoms with Crippen molar-refractivity contribution in [1.29, 1.82) is 0 Å². The first-order chi connectivity index (χ1) is 9.23. The summed E-state index contributed by atoms with van der Waals surface area (Å²) >= 11 is 0. The molecule has 1 heterocycles. The van der Waals surface area contributed by atoms with Crippen LogP contribution in [0.4, 0.5) is 23.7 Å². The van der Waals surface area contributed by atoms with E-state index in [0.717, 1.165) is 6.20 Å². The Morgan fingerprint density at radius 2 is 2.20 bits per heavy atom. The molecule has 108 valence electrons. The Bertz CT molecular complexity index is 587. The summed E-state index contributed by atoms with van der Waals surface area (Å²) in [5, 5.41) is 4.47. The van der Waals surface area contributed by atoms with Gasteiger partial charge in [0.15, 0.2) is 0 Å². The third-order valence-corrected chi connectivity index (χ3v) is 2.22. The highest BCUT2D eigenvalue weighted by Gasteiger charge is 2.28. The summed E-state index contributed by atoms with van der Waals surface area (Å²) in [5.41, 5.74) is -1.22. The van der Waals surface area contributed by atoms with Crippen molar-refractivity contribution in [2.24, 2.45) is 0 Å². The predicted molar refractivity (Wildman–Crippen MR) is 67.2 cm³/mol. The van der Waals surface area contributed by atoms with Gasteiger partial charge in [-0.2, -0.15) is 13.2 Å². The number of halogens is 3. The molecule has 0 spiro atoms. The van der Waals surface area contributed by atoms with E-state index in [4.69, 9.17) is 6.42 Å². The highest BCUT2D eigenvalue weighted by molar-refractivity contribution is 5.89. The molecular formula is C12H12F3N3O2. The van der Waals surface area contributed by atoms with Gasteiger partial charge in [0.1, 0.15) is 12.2 Å². The molecule has 5 nitrogen and oxygen atoms in total. The molecule has 0 saturated heterocycles. The average Bonchev–Trinajstić information content (AvgIpc) is 2.32. The van der Waals surface area contributed by atoms with Crippen molar-refractivity contribution in [2.75, 3.05) is 5.32 Å². The number of hydrogen-bond acceptors (Lipinski definition) is 2. The zero-order valence-electron chi connectivity index (χ0n) is 10.5. The van der Waals surface area contributed by atoms with Gasteiger partial charge in [-0.1, -0.05) is 5.92 Å². The summed E-state index contributed by atoms with van der Waals surface area (Å²) in [6.07, 6.45) is 1.52. The van der Waals surface area contributed by atoms with Gasteiger partial charge in [-0.3, -0.25) is 4.79 Å². The molecule has 1 rings (SSSR count). The number of nitrogens with one attached hydrogen (secondary N) is 2. The largest absolute Gasteiger partial charge is 0.406 e. The second-order valence-electron chi connectivity index (χ2n) is 3.96. The molecule has 0 aromatic carbocycles. The van der Waals surface area contributed by atoms with Crippen molar-refractivity contribution in [3.05, 3.63) is 28.7 Å². The molecule has 0 saturated carbocycles. The Morgan fingerprint density at radius 1 is 1.55 bits per heavy atom. The summed E-state index contributed by atoms with van der Waals surface area (Å²) in [6.45, 7) is 0.107. The van der Waals surface area contributed by atoms with Gasteiger partial charge in [0.2, 0.25) is 0 Å². The van der Waals surface area contributed by atoms with Crippen LogP contribution in [-0.2, 0) is 6.54 Å². The molecule has 2 amide bonds. The molecule has 0 bridgehead atoms. The number of carbonyl (C=O) groups excluding carboxylic acids is 1. The van der Waals surface area contributed by atoms with Crippen LogP contribution in [0.3, 0.4) is 0 Å². The first kappa shape index (κ1) is 15.6. The van der Waals surface area contributed by atoms with E-state index in [-0.39, 0.29) is 5.69 Å². The van der Waals surface area contributed by atoms with Gasteiger partial charge in [-0.15, -0.1) is 6.42 Å². The van der Waals surface area contributed by atoms with E-state index in [9.17, 15) is 22.8 Å². The van der Waals surface area contributed by atoms with Gasteiger partial charge in [-0.25, -0.2) is 4.79 Å². The minimum absolute atomic E-state index is 0.265. The number of pyridine rings is 1. The Morgan fingerprint density at radius 3 is 2.75 bits per heavy atom. The van der Waals surface area contributed by atoms with Crippen LogP contribution in [-0.4, -0.2) is 22.8 Å². The number of urea groups is 1. The average molecular weight is 287 g/mol. The zero-order valence-corrected chi connectivity index (χ0v) is 10.5. The summed E-state index contributed by atoms with van der Waals surface area (Å²) in [7, 11) is 0. The second-order valence-corrected chi connectivity index (χ2v) is 3.96. The second kappa shape index (κ2) is 6.14. The van der Waals surface area contributed by atoms with Crippen LogP contribution in [0.1, 0.15) is 6.92 Å². The van der Waals surface area contributed by atoms with Crippen LogP contribution < -0.4 is 16.2 Å². The van der Waals surface area contributed by atoms with E-state index in [2.05, 4.69) is 16.6 Å². The number of rotatable bonds is 3. The van der Waals surface area contributed by atoms with E-state index in [1.54, 1.807) is 0 Å². The van der Waals surface area contributed by atoms with E-state index < -0.39 is 30.4 Å². The smallest absolute Gasteiger partial charge is 0.325 e. The van der Waals surface area contributed by atoms with Crippen LogP contribution in [0.5, 0.6) is 0 Å². The van der Waals surface area contributed by atoms with Gasteiger partial charge in [0.25, 0.3) is 5.56 Å². The highest BCUT2D eigenvalue weighted by atomic mass is 19.4. The minimum atomic E-state index is -4.53. The fourth-order valence-electron chi connectivity index (χ4n) is 1.35. The minimum Gasteiger partial charge on any atom is -0.325 e. The number of alkyl halides is 3. The molecular weight excluding hydrogens is 275 g/mol. The first-order valence-electron chi connectivity index (χ1n) is 5.53. The van der Waals surface area contributed by atoms with Crippen LogP contribution >= 0.6 is 0 Å². The Balaban J connectivity index is 2.88. The third kappa shape index (κ3) is 4.68. The summed E-state index contributed by atoms with van der Waals surface area (Å²) in [4.78, 5) is 23.2. The fourth-order valence-corrected chi connectivity index (χ4v) is 1.35. The lowest BCUT2D eigenvalue weighted by molar-refractivity contribution is -0.141. The molecule has 1 atom stereocenters. The summed E-state index contributed by atoms with van der Waals surface area (Å²) in [5.74, 6) is 2.23. The van der Waals surface area contributed by atoms with Crippen molar-refractivity contribution in [3.63, 3.8) is 0 Å². The maximum Gasteiger partial charge on any atom is 0.406 e. The molecule has 2 N–H and O–H groups in total. The maximum atomic E-state index is 12.3. The van der Waals surface area contributed by atoms with Crippen molar-refractivity contribution in [2.45, 2.75) is 25.7 Å². The van der Waals surface area contributed by atoms with E-state index in [0.29, 0.717) is 4.57 Å². The lowest BCUT2D eigenvalue weighted by Crippen LogP contribution is -2.37. The summed E-state index contributed by atoms with van der Waals surface area (Å²) in [6, 6.07) is 1.09. The van der Waals surface area contributed by atoms with E-state index >= 15 is 0 Å². The maximum absolute atomic E-state index is 12.3. The number of amides is 2. The zero-order chi connectivity index (χ0) is 15.3. The Labute approximate surface area is 112 Å². The molecule has 1 aromatic rings. The number of anilines is 1. The number of nitrogens with zero attached hydrogens (tertiary/aromatic N) is 1. The van der Waals surface area contributed by atoms with Gasteiger partial charge in [0, 0.05) is 6.20 Å². The van der Waals surface area contributed by atoms with Crippen LogP contribution in [0, 0.1) is 12.3 Å². The lowest BCUT2D eigenvalue weighted by atomic mass is 10.3. The van der Waals surface area contributed by atoms with Crippen LogP contribution in [0.15, 0.2) is 23.1 Å². The fraction of sp³-hybridized carbons (Fsp3) is 0.333. The molecule has 1 unspecified atom stereocenters. The predicted octanol–water partition coefficient (Wildman–Crippen LogP) is 1.55. The molecule has 0 aliphatic rings. The van der Waals surface area contributed by atoms with Gasteiger partial charge in [-0.05, 0) is 19.1 Å². The van der Waals surface area contributed by atoms with Crippen molar-refractivity contribution >= 4 is 11.7 Å². The monoisotopic (exact) mass is 287 g/mol. The first-order valence-corrected chi connectivity index (χ1v) is 5.53. The number of carbonyl (C=O) groups is 1. The highest BCUT2D eigenvalue weighted by Crippen LogP contribution is 2.16.